The minimum absolute atomic E-state index is 0.187. The molecule has 0 N–H and O–H groups in total. The Bertz CT molecular complexity index is 286. The number of aromatic nitrogens is 1. The Hall–Kier alpha value is -0.610. The fourth-order valence-electron chi connectivity index (χ4n) is 1.27. The molecule has 0 saturated carbocycles. The third-order valence-electron chi connectivity index (χ3n) is 1.87. The molecule has 3 nitrogen and oxygen atoms in total. The quantitative estimate of drug-likeness (QED) is 0.557. The molecule has 1 rings (SSSR count). The molecule has 0 aliphatic carbocycles. The fourth-order valence-corrected chi connectivity index (χ4v) is 1.94. The third kappa shape index (κ3) is 2.69. The summed E-state index contributed by atoms with van der Waals surface area (Å²) in [5.74, 6) is 0.890. The highest BCUT2D eigenvalue weighted by molar-refractivity contribution is 7.98. The summed E-state index contributed by atoms with van der Waals surface area (Å²) in [5, 5.41) is 1.12. The second kappa shape index (κ2) is 5.32. The summed E-state index contributed by atoms with van der Waals surface area (Å²) in [7, 11) is 2.00. The number of hydrogen-bond acceptors (Lipinski definition) is 3. The van der Waals surface area contributed by atoms with E-state index in [9.17, 15) is 0 Å². The molecule has 0 amide bonds. The molecule has 1 atom stereocenters. The largest absolute Gasteiger partial charge is 0.462 e. The van der Waals surface area contributed by atoms with Crippen molar-refractivity contribution in [2.24, 2.45) is 7.05 Å². The van der Waals surface area contributed by atoms with E-state index in [1.165, 1.54) is 0 Å². The van der Waals surface area contributed by atoms with Crippen molar-refractivity contribution >= 4 is 11.8 Å². The lowest BCUT2D eigenvalue weighted by molar-refractivity contribution is -0.0628. The summed E-state index contributed by atoms with van der Waals surface area (Å²) in [6.07, 6.45) is 3.83. The number of thioether (sulfide) groups is 1. The van der Waals surface area contributed by atoms with Gasteiger partial charge in [-0.3, -0.25) is 0 Å². The molecule has 0 aliphatic heterocycles. The van der Waals surface area contributed by atoms with Crippen LogP contribution in [0.25, 0.3) is 0 Å². The van der Waals surface area contributed by atoms with Crippen LogP contribution in [0.3, 0.4) is 0 Å². The van der Waals surface area contributed by atoms with Crippen LogP contribution < -0.4 is 4.74 Å². The molecule has 0 aliphatic rings. The van der Waals surface area contributed by atoms with Crippen LogP contribution in [0.15, 0.2) is 17.3 Å². The van der Waals surface area contributed by atoms with E-state index >= 15 is 0 Å². The summed E-state index contributed by atoms with van der Waals surface area (Å²) >= 11 is 1.67. The Morgan fingerprint density at radius 1 is 1.57 bits per heavy atom. The van der Waals surface area contributed by atoms with E-state index in [1.807, 2.05) is 44.0 Å². The van der Waals surface area contributed by atoms with Crippen LogP contribution >= 0.6 is 11.8 Å². The molecule has 0 fully saturated rings. The first-order valence-electron chi connectivity index (χ1n) is 4.66. The van der Waals surface area contributed by atoms with Crippen LogP contribution in [-0.2, 0) is 11.8 Å². The summed E-state index contributed by atoms with van der Waals surface area (Å²) in [6, 6.07) is 1.96. The van der Waals surface area contributed by atoms with Crippen molar-refractivity contribution in [2.75, 3.05) is 12.9 Å². The summed E-state index contributed by atoms with van der Waals surface area (Å²) in [4.78, 5) is 0. The molecule has 0 unspecified atom stereocenters. The number of rotatable bonds is 5. The smallest absolute Gasteiger partial charge is 0.197 e. The zero-order valence-corrected chi connectivity index (χ0v) is 9.93. The van der Waals surface area contributed by atoms with E-state index in [2.05, 4.69) is 0 Å². The lowest BCUT2D eigenvalue weighted by atomic mass is 10.6. The summed E-state index contributed by atoms with van der Waals surface area (Å²) in [6.45, 7) is 4.53. The highest BCUT2D eigenvalue weighted by Gasteiger charge is 2.10. The molecule has 0 bridgehead atoms. The van der Waals surface area contributed by atoms with Crippen molar-refractivity contribution in [3.05, 3.63) is 12.3 Å². The molecule has 80 valence electrons. The average molecular weight is 215 g/mol. The Kier molecular flexibility index (Phi) is 4.35. The number of hydrogen-bond donors (Lipinski definition) is 0. The second-order valence-electron chi connectivity index (χ2n) is 2.94. The van der Waals surface area contributed by atoms with Crippen LogP contribution in [0.5, 0.6) is 5.75 Å². The zero-order chi connectivity index (χ0) is 10.6. The molecular formula is C10H17NO2S. The minimum atomic E-state index is -0.187. The van der Waals surface area contributed by atoms with E-state index in [4.69, 9.17) is 9.47 Å². The molecule has 0 saturated heterocycles. The highest BCUT2D eigenvalue weighted by Crippen LogP contribution is 2.28. The number of nitrogens with zero attached hydrogens (tertiary/aromatic N) is 1. The SMILES string of the molecule is CCO[C@H](C)Oc1ccn(C)c1SC. The molecular weight excluding hydrogens is 198 g/mol. The van der Waals surface area contributed by atoms with Crippen molar-refractivity contribution in [3.8, 4) is 5.75 Å². The first-order chi connectivity index (χ1) is 6.69. The molecule has 1 aromatic heterocycles. The maximum atomic E-state index is 5.63. The Morgan fingerprint density at radius 2 is 2.29 bits per heavy atom. The molecule has 0 aromatic carbocycles. The van der Waals surface area contributed by atoms with E-state index in [1.54, 1.807) is 11.8 Å². The first kappa shape index (κ1) is 11.5. The van der Waals surface area contributed by atoms with E-state index in [0.29, 0.717) is 6.61 Å². The molecule has 0 radical (unpaired) electrons. The van der Waals surface area contributed by atoms with Crippen LogP contribution in [-0.4, -0.2) is 23.7 Å². The van der Waals surface area contributed by atoms with Gasteiger partial charge in [0.05, 0.1) is 0 Å². The zero-order valence-electron chi connectivity index (χ0n) is 9.11. The van der Waals surface area contributed by atoms with Gasteiger partial charge in [-0.05, 0) is 26.2 Å². The highest BCUT2D eigenvalue weighted by atomic mass is 32.2. The third-order valence-corrected chi connectivity index (χ3v) is 2.74. The van der Waals surface area contributed by atoms with Gasteiger partial charge >= 0.3 is 0 Å². The van der Waals surface area contributed by atoms with Crippen LogP contribution in [0, 0.1) is 0 Å². The minimum Gasteiger partial charge on any atom is -0.462 e. The predicted molar refractivity (Wildman–Crippen MR) is 58.9 cm³/mol. The maximum Gasteiger partial charge on any atom is 0.197 e. The number of aryl methyl sites for hydroxylation is 1. The second-order valence-corrected chi connectivity index (χ2v) is 3.74. The standard InChI is InChI=1S/C10H17NO2S/c1-5-12-8(2)13-9-6-7-11(3)10(9)14-4/h6-8H,5H2,1-4H3/t8-/m0/s1. The van der Waals surface area contributed by atoms with Gasteiger partial charge in [0.2, 0.25) is 0 Å². The van der Waals surface area contributed by atoms with Gasteiger partial charge in [0.15, 0.2) is 12.0 Å². The predicted octanol–water partition coefficient (Wildman–Crippen LogP) is 2.51. The average Bonchev–Trinajstić information content (AvgIpc) is 2.47. The molecule has 14 heavy (non-hydrogen) atoms. The van der Waals surface area contributed by atoms with Crippen molar-refractivity contribution < 1.29 is 9.47 Å². The fraction of sp³-hybridized carbons (Fsp3) is 0.600. The van der Waals surface area contributed by atoms with Gasteiger partial charge in [0.1, 0.15) is 5.03 Å². The van der Waals surface area contributed by atoms with Crippen molar-refractivity contribution in [2.45, 2.75) is 25.2 Å². The van der Waals surface area contributed by atoms with E-state index < -0.39 is 0 Å². The van der Waals surface area contributed by atoms with Gasteiger partial charge in [-0.1, -0.05) is 0 Å². The van der Waals surface area contributed by atoms with Crippen molar-refractivity contribution in [1.29, 1.82) is 0 Å². The van der Waals surface area contributed by atoms with Gasteiger partial charge < -0.3 is 14.0 Å². The van der Waals surface area contributed by atoms with Gasteiger partial charge in [-0.15, -0.1) is 11.8 Å². The lowest BCUT2D eigenvalue weighted by Crippen LogP contribution is -2.16. The first-order valence-corrected chi connectivity index (χ1v) is 5.89. The molecule has 4 heteroatoms. The molecule has 1 aromatic rings. The number of ether oxygens (including phenoxy) is 2. The van der Waals surface area contributed by atoms with Gasteiger partial charge in [-0.25, -0.2) is 0 Å². The van der Waals surface area contributed by atoms with Gasteiger partial charge in [0.25, 0.3) is 0 Å². The van der Waals surface area contributed by atoms with E-state index in [-0.39, 0.29) is 6.29 Å². The van der Waals surface area contributed by atoms with Crippen LogP contribution in [0.2, 0.25) is 0 Å². The summed E-state index contributed by atoms with van der Waals surface area (Å²) in [5.41, 5.74) is 0. The lowest BCUT2D eigenvalue weighted by Gasteiger charge is -2.14. The summed E-state index contributed by atoms with van der Waals surface area (Å²) < 4.78 is 13.0. The monoisotopic (exact) mass is 215 g/mol. The normalized spacial score (nSPS) is 12.9. The topological polar surface area (TPSA) is 23.4 Å². The van der Waals surface area contributed by atoms with Gasteiger partial charge in [0, 0.05) is 19.9 Å². The Morgan fingerprint density at radius 3 is 2.86 bits per heavy atom. The van der Waals surface area contributed by atoms with E-state index in [0.717, 1.165) is 10.8 Å². The van der Waals surface area contributed by atoms with Gasteiger partial charge in [-0.2, -0.15) is 0 Å². The van der Waals surface area contributed by atoms with Crippen LogP contribution in [0.4, 0.5) is 0 Å². The Balaban J connectivity index is 2.66. The Labute approximate surface area is 89.4 Å². The maximum absolute atomic E-state index is 5.63. The molecule has 0 spiro atoms. The van der Waals surface area contributed by atoms with Crippen molar-refractivity contribution in [3.63, 3.8) is 0 Å². The van der Waals surface area contributed by atoms with Crippen LogP contribution in [0.1, 0.15) is 13.8 Å². The van der Waals surface area contributed by atoms with Crippen molar-refractivity contribution in [1.82, 2.24) is 4.57 Å². The molecule has 1 heterocycles.